The summed E-state index contributed by atoms with van der Waals surface area (Å²) in [6, 6.07) is 0. The van der Waals surface area contributed by atoms with Gasteiger partial charge in [-0.2, -0.15) is 0 Å². The van der Waals surface area contributed by atoms with Gasteiger partial charge in [-0.1, -0.05) is 0 Å². The van der Waals surface area contributed by atoms with Crippen LogP contribution in [0.4, 0.5) is 0 Å². The Balaban J connectivity index is 3.99. The summed E-state index contributed by atoms with van der Waals surface area (Å²) < 4.78 is 0. The molecule has 0 atom stereocenters. The Kier molecular flexibility index (Phi) is 17.1. The average molecular weight is 343 g/mol. The first-order chi connectivity index (χ1) is 11.2. The fourth-order valence-electron chi connectivity index (χ4n) is 3.90. The van der Waals surface area contributed by atoms with E-state index in [4.69, 9.17) is 0 Å². The van der Waals surface area contributed by atoms with E-state index in [1.165, 1.54) is 89.6 Å². The van der Waals surface area contributed by atoms with E-state index < -0.39 is 7.26 Å². The predicted molar refractivity (Wildman–Crippen MR) is 115 cm³/mol. The molecule has 0 aliphatic rings. The molecule has 23 heavy (non-hydrogen) atoms. The molecule has 0 saturated carbocycles. The molecule has 0 aliphatic heterocycles. The van der Waals surface area contributed by atoms with Gasteiger partial charge in [-0.05, 0) is 0 Å². The van der Waals surface area contributed by atoms with Crippen LogP contribution in [0, 0.1) is 0 Å². The zero-order chi connectivity index (χ0) is 17.2. The summed E-state index contributed by atoms with van der Waals surface area (Å²) in [5.74, 6) is 0. The second-order valence-corrected chi connectivity index (χ2v) is 12.7. The SMILES string of the molecule is C=CC[PH](CCCC)(CCCC)CCCCCCCCCCC. The molecule has 0 heterocycles. The second kappa shape index (κ2) is 17.0. The van der Waals surface area contributed by atoms with E-state index in [2.05, 4.69) is 33.4 Å². The Labute approximate surface area is 149 Å². The minimum atomic E-state index is -1.04. The maximum atomic E-state index is 4.09. The third-order valence-corrected chi connectivity index (χ3v) is 10.9. The Hall–Kier alpha value is 0.170. The van der Waals surface area contributed by atoms with Gasteiger partial charge < -0.3 is 0 Å². The molecule has 1 heteroatoms. The quantitative estimate of drug-likeness (QED) is 0.134. The van der Waals surface area contributed by atoms with Crippen LogP contribution < -0.4 is 0 Å². The Morgan fingerprint density at radius 2 is 0.957 bits per heavy atom. The summed E-state index contributed by atoms with van der Waals surface area (Å²) in [6.45, 7) is 11.1. The molecule has 0 radical (unpaired) electrons. The van der Waals surface area contributed by atoms with E-state index in [1.54, 1.807) is 18.5 Å². The van der Waals surface area contributed by atoms with Gasteiger partial charge in [0.15, 0.2) is 0 Å². The number of unbranched alkanes of at least 4 members (excludes halogenated alkanes) is 10. The molecular weight excluding hydrogens is 295 g/mol. The summed E-state index contributed by atoms with van der Waals surface area (Å²) in [4.78, 5) is 0. The topological polar surface area (TPSA) is 0 Å². The molecule has 0 saturated heterocycles. The van der Waals surface area contributed by atoms with Crippen molar-refractivity contribution in [1.82, 2.24) is 0 Å². The fourth-order valence-corrected chi connectivity index (χ4v) is 9.08. The molecule has 0 spiro atoms. The van der Waals surface area contributed by atoms with Crippen LogP contribution >= 0.6 is 7.26 Å². The molecule has 0 fully saturated rings. The van der Waals surface area contributed by atoms with Crippen molar-refractivity contribution < 1.29 is 0 Å². The summed E-state index contributed by atoms with van der Waals surface area (Å²) in [5, 5.41) is 0. The van der Waals surface area contributed by atoms with E-state index in [1.807, 2.05) is 0 Å². The van der Waals surface area contributed by atoms with Crippen molar-refractivity contribution in [3.05, 3.63) is 12.7 Å². The third kappa shape index (κ3) is 13.2. The Bertz CT molecular complexity index is 238. The average Bonchev–Trinajstić information content (AvgIpc) is 2.56. The van der Waals surface area contributed by atoms with Gasteiger partial charge in [0.25, 0.3) is 0 Å². The van der Waals surface area contributed by atoms with E-state index in [-0.39, 0.29) is 0 Å². The predicted octanol–water partition coefficient (Wildman–Crippen LogP) is 8.05. The molecule has 0 aromatic heterocycles. The van der Waals surface area contributed by atoms with Crippen molar-refractivity contribution >= 4 is 7.26 Å². The van der Waals surface area contributed by atoms with E-state index >= 15 is 0 Å². The van der Waals surface area contributed by atoms with Crippen LogP contribution in [0.5, 0.6) is 0 Å². The first-order valence-electron chi connectivity index (χ1n) is 10.9. The summed E-state index contributed by atoms with van der Waals surface area (Å²) in [5.41, 5.74) is 0. The van der Waals surface area contributed by atoms with Gasteiger partial charge in [-0.25, -0.2) is 0 Å². The molecule has 140 valence electrons. The number of hydrogen-bond acceptors (Lipinski definition) is 0. The van der Waals surface area contributed by atoms with Crippen molar-refractivity contribution in [2.45, 2.75) is 104 Å². The van der Waals surface area contributed by atoms with Crippen molar-refractivity contribution in [2.75, 3.05) is 24.6 Å². The van der Waals surface area contributed by atoms with E-state index in [9.17, 15) is 0 Å². The molecule has 0 aromatic rings. The molecule has 0 rings (SSSR count). The standard InChI is InChI=1S/C22H47P/c1-5-9-12-13-14-15-16-17-18-22-23(19-8-4,20-10-6-2)21-11-7-3/h8,23H,4-7,9-22H2,1-3H3. The maximum absolute atomic E-state index is 4.09. The second-order valence-electron chi connectivity index (χ2n) is 7.78. The van der Waals surface area contributed by atoms with Crippen LogP contribution in [0.2, 0.25) is 0 Å². The zero-order valence-electron chi connectivity index (χ0n) is 16.8. The number of hydrogen-bond donors (Lipinski definition) is 0. The summed E-state index contributed by atoms with van der Waals surface area (Å²) in [6.07, 6.45) is 27.1. The van der Waals surface area contributed by atoms with Crippen LogP contribution in [-0.2, 0) is 0 Å². The van der Waals surface area contributed by atoms with Gasteiger partial charge in [0.2, 0.25) is 0 Å². The fraction of sp³-hybridized carbons (Fsp3) is 0.909. The van der Waals surface area contributed by atoms with Crippen LogP contribution in [0.15, 0.2) is 12.7 Å². The van der Waals surface area contributed by atoms with Crippen LogP contribution in [-0.4, -0.2) is 24.6 Å². The van der Waals surface area contributed by atoms with Gasteiger partial charge in [0.05, 0.1) is 0 Å². The molecule has 0 amide bonds. The van der Waals surface area contributed by atoms with Gasteiger partial charge in [0.1, 0.15) is 0 Å². The molecular formula is C22H47P. The van der Waals surface area contributed by atoms with Gasteiger partial charge >= 0.3 is 149 Å². The summed E-state index contributed by atoms with van der Waals surface area (Å²) in [7, 11) is -1.04. The Morgan fingerprint density at radius 3 is 1.39 bits per heavy atom. The van der Waals surface area contributed by atoms with E-state index in [0.717, 1.165) is 0 Å². The molecule has 0 aromatic carbocycles. The van der Waals surface area contributed by atoms with Gasteiger partial charge in [-0.15, -0.1) is 0 Å². The normalized spacial score (nSPS) is 12.5. The number of rotatable bonds is 18. The van der Waals surface area contributed by atoms with Crippen LogP contribution in [0.3, 0.4) is 0 Å². The molecule has 0 bridgehead atoms. The third-order valence-electron chi connectivity index (χ3n) is 5.51. The van der Waals surface area contributed by atoms with Crippen LogP contribution in [0.1, 0.15) is 104 Å². The molecule has 0 N–H and O–H groups in total. The van der Waals surface area contributed by atoms with E-state index in [0.29, 0.717) is 0 Å². The molecule has 0 aliphatic carbocycles. The van der Waals surface area contributed by atoms with Gasteiger partial charge in [-0.3, -0.25) is 0 Å². The minimum absolute atomic E-state index is 1.04. The van der Waals surface area contributed by atoms with Crippen molar-refractivity contribution in [2.24, 2.45) is 0 Å². The zero-order valence-corrected chi connectivity index (χ0v) is 17.8. The summed E-state index contributed by atoms with van der Waals surface area (Å²) >= 11 is 0. The van der Waals surface area contributed by atoms with Gasteiger partial charge in [0, 0.05) is 0 Å². The molecule has 0 unspecified atom stereocenters. The van der Waals surface area contributed by atoms with Crippen LogP contribution in [0.25, 0.3) is 0 Å². The monoisotopic (exact) mass is 342 g/mol. The van der Waals surface area contributed by atoms with Crippen molar-refractivity contribution in [1.29, 1.82) is 0 Å². The first kappa shape index (κ1) is 23.2. The van der Waals surface area contributed by atoms with Crippen molar-refractivity contribution in [3.8, 4) is 0 Å². The first-order valence-corrected chi connectivity index (χ1v) is 13.7. The Morgan fingerprint density at radius 1 is 0.565 bits per heavy atom. The molecule has 0 nitrogen and oxygen atoms in total. The number of allylic oxidation sites excluding steroid dienone is 1. The van der Waals surface area contributed by atoms with Crippen molar-refractivity contribution in [3.63, 3.8) is 0 Å².